The summed E-state index contributed by atoms with van der Waals surface area (Å²) in [6, 6.07) is 17.3. The zero-order valence-corrected chi connectivity index (χ0v) is 21.9. The molecule has 0 saturated carbocycles. The number of pyridine rings is 1. The number of nitrogens with one attached hydrogen (secondary N) is 1. The van der Waals surface area contributed by atoms with Gasteiger partial charge in [-0.15, -0.1) is 0 Å². The number of carbonyl (C=O) groups is 2. The number of carbonyl (C=O) groups excluding carboxylic acids is 2. The van der Waals surface area contributed by atoms with Crippen molar-refractivity contribution in [3.63, 3.8) is 0 Å². The third-order valence-electron chi connectivity index (χ3n) is 7.07. The van der Waals surface area contributed by atoms with Crippen molar-refractivity contribution >= 4 is 29.5 Å². The Bertz CT molecular complexity index is 1480. The average molecular weight is 534 g/mol. The quantitative estimate of drug-likeness (QED) is 0.485. The first kappa shape index (κ1) is 25.6. The highest BCUT2D eigenvalue weighted by Gasteiger charge is 2.37. The van der Waals surface area contributed by atoms with Gasteiger partial charge in [-0.1, -0.05) is 29.8 Å². The summed E-state index contributed by atoms with van der Waals surface area (Å²) in [7, 11) is 3.08. The number of nitrogens with zero attached hydrogens (tertiary/aromatic N) is 2. The molecule has 9 heteroatoms. The van der Waals surface area contributed by atoms with Crippen molar-refractivity contribution in [3.05, 3.63) is 98.6 Å². The number of ether oxygens (including phenoxy) is 2. The predicted molar refractivity (Wildman–Crippen MR) is 145 cm³/mol. The summed E-state index contributed by atoms with van der Waals surface area (Å²) in [5, 5.41) is 3.01. The molecule has 3 heterocycles. The van der Waals surface area contributed by atoms with Gasteiger partial charge in [0.05, 0.1) is 24.8 Å². The van der Waals surface area contributed by atoms with E-state index in [1.54, 1.807) is 60.6 Å². The lowest BCUT2D eigenvalue weighted by Crippen LogP contribution is -2.50. The van der Waals surface area contributed by atoms with Crippen LogP contribution in [0.15, 0.2) is 71.2 Å². The van der Waals surface area contributed by atoms with Gasteiger partial charge in [-0.2, -0.15) is 0 Å². The highest BCUT2D eigenvalue weighted by Crippen LogP contribution is 2.35. The third kappa shape index (κ3) is 5.17. The molecule has 8 nitrogen and oxygen atoms in total. The van der Waals surface area contributed by atoms with E-state index in [0.717, 1.165) is 12.1 Å². The lowest BCUT2D eigenvalue weighted by atomic mass is 9.83. The van der Waals surface area contributed by atoms with Crippen LogP contribution in [0.2, 0.25) is 5.02 Å². The average Bonchev–Trinajstić information content (AvgIpc) is 2.92. The maximum atomic E-state index is 13.9. The number of hydrogen-bond donors (Lipinski definition) is 1. The Morgan fingerprint density at radius 2 is 1.74 bits per heavy atom. The molecule has 1 fully saturated rings. The Morgan fingerprint density at radius 1 is 0.974 bits per heavy atom. The largest absolute Gasteiger partial charge is 0.497 e. The van der Waals surface area contributed by atoms with Crippen LogP contribution < -0.4 is 20.3 Å². The molecule has 1 aromatic heterocycles. The SMILES string of the molecule is COc1cccc(/C=C(\NC(=O)c2ccc(OC)cc2Cl)C(=O)N2CC3CC(C2)c2cccc(=O)n2C3)c1. The van der Waals surface area contributed by atoms with E-state index in [2.05, 4.69) is 5.32 Å². The smallest absolute Gasteiger partial charge is 0.270 e. The summed E-state index contributed by atoms with van der Waals surface area (Å²) >= 11 is 6.34. The number of benzene rings is 2. The summed E-state index contributed by atoms with van der Waals surface area (Å²) in [5.74, 6) is 0.542. The second kappa shape index (κ2) is 10.8. The fraction of sp³-hybridized carbons (Fsp3) is 0.276. The lowest BCUT2D eigenvalue weighted by molar-refractivity contribution is -0.130. The van der Waals surface area contributed by atoms with Crippen molar-refractivity contribution in [2.45, 2.75) is 18.9 Å². The van der Waals surface area contributed by atoms with Gasteiger partial charge in [0.25, 0.3) is 17.4 Å². The van der Waals surface area contributed by atoms with Gasteiger partial charge in [0.2, 0.25) is 0 Å². The predicted octanol–water partition coefficient (Wildman–Crippen LogP) is 3.94. The number of rotatable bonds is 6. The van der Waals surface area contributed by atoms with Crippen LogP contribution in [0.1, 0.15) is 34.0 Å². The number of methoxy groups -OCH3 is 2. The van der Waals surface area contributed by atoms with E-state index in [0.29, 0.717) is 36.7 Å². The zero-order chi connectivity index (χ0) is 26.8. The van der Waals surface area contributed by atoms with E-state index < -0.39 is 5.91 Å². The molecule has 2 bridgehead atoms. The molecule has 0 spiro atoms. The molecule has 0 aliphatic carbocycles. The number of piperidine rings is 1. The van der Waals surface area contributed by atoms with E-state index in [1.165, 1.54) is 7.11 Å². The van der Waals surface area contributed by atoms with E-state index in [1.807, 2.05) is 22.8 Å². The summed E-state index contributed by atoms with van der Waals surface area (Å²) < 4.78 is 12.3. The van der Waals surface area contributed by atoms with Crippen LogP contribution in [0.4, 0.5) is 0 Å². The molecular weight excluding hydrogens is 506 g/mol. The first-order valence-electron chi connectivity index (χ1n) is 12.4. The monoisotopic (exact) mass is 533 g/mol. The van der Waals surface area contributed by atoms with Crippen molar-refractivity contribution in [3.8, 4) is 11.5 Å². The normalized spacial score (nSPS) is 18.4. The Hall–Kier alpha value is -4.04. The second-order valence-electron chi connectivity index (χ2n) is 9.54. The highest BCUT2D eigenvalue weighted by atomic mass is 35.5. The fourth-order valence-corrected chi connectivity index (χ4v) is 5.53. The molecule has 0 radical (unpaired) electrons. The van der Waals surface area contributed by atoms with Gasteiger partial charge in [0.15, 0.2) is 0 Å². The first-order valence-corrected chi connectivity index (χ1v) is 12.7. The topological polar surface area (TPSA) is 89.9 Å². The molecule has 1 N–H and O–H groups in total. The van der Waals surface area contributed by atoms with Crippen LogP contribution in [0.5, 0.6) is 11.5 Å². The number of halogens is 1. The Morgan fingerprint density at radius 3 is 2.50 bits per heavy atom. The van der Waals surface area contributed by atoms with E-state index >= 15 is 0 Å². The standard InChI is InChI=1S/C29H28ClN3O5/c1-37-21-6-3-5-18(12-21)13-25(31-28(35)23-10-9-22(38-2)14-24(23)30)29(36)32-15-19-11-20(17-32)26-7-4-8-27(34)33(26)16-19/h3-10,12-14,19-20H,11,15-17H2,1-2H3,(H,31,35)/b25-13-. The van der Waals surface area contributed by atoms with Crippen LogP contribution in [0, 0.1) is 5.92 Å². The molecule has 5 rings (SSSR count). The molecule has 2 atom stereocenters. The van der Waals surface area contributed by atoms with Gasteiger partial charge >= 0.3 is 0 Å². The Balaban J connectivity index is 1.46. The van der Waals surface area contributed by atoms with E-state index in [9.17, 15) is 14.4 Å². The maximum absolute atomic E-state index is 13.9. The molecule has 196 valence electrons. The van der Waals surface area contributed by atoms with Gasteiger partial charge < -0.3 is 24.3 Å². The van der Waals surface area contributed by atoms with Crippen molar-refractivity contribution in [2.24, 2.45) is 5.92 Å². The minimum atomic E-state index is -0.505. The van der Waals surface area contributed by atoms with Crippen LogP contribution in [-0.2, 0) is 11.3 Å². The van der Waals surface area contributed by atoms with Gasteiger partial charge in [-0.05, 0) is 60.4 Å². The summed E-state index contributed by atoms with van der Waals surface area (Å²) in [6.07, 6.45) is 2.55. The number of aromatic nitrogens is 1. The summed E-state index contributed by atoms with van der Waals surface area (Å²) in [6.45, 7) is 1.51. The molecule has 2 aliphatic rings. The molecule has 38 heavy (non-hydrogen) atoms. The van der Waals surface area contributed by atoms with Crippen molar-refractivity contribution in [1.29, 1.82) is 0 Å². The minimum Gasteiger partial charge on any atom is -0.497 e. The highest BCUT2D eigenvalue weighted by molar-refractivity contribution is 6.34. The van der Waals surface area contributed by atoms with E-state index in [-0.39, 0.29) is 39.6 Å². The first-order chi connectivity index (χ1) is 18.4. The second-order valence-corrected chi connectivity index (χ2v) is 9.95. The fourth-order valence-electron chi connectivity index (χ4n) is 5.28. The van der Waals surface area contributed by atoms with Crippen LogP contribution in [0.25, 0.3) is 6.08 Å². The maximum Gasteiger partial charge on any atom is 0.270 e. The number of hydrogen-bond acceptors (Lipinski definition) is 5. The minimum absolute atomic E-state index is 0.0146. The lowest BCUT2D eigenvalue weighted by Gasteiger charge is -2.43. The van der Waals surface area contributed by atoms with Crippen molar-refractivity contribution in [2.75, 3.05) is 27.3 Å². The molecule has 2 aromatic carbocycles. The van der Waals surface area contributed by atoms with Gasteiger partial charge in [0.1, 0.15) is 17.2 Å². The number of likely N-dealkylation sites (tertiary alicyclic amines) is 1. The van der Waals surface area contributed by atoms with Crippen LogP contribution in [-0.4, -0.2) is 48.6 Å². The summed E-state index contributed by atoms with van der Waals surface area (Å²) in [5.41, 5.74) is 1.97. The molecular formula is C29H28ClN3O5. The Kier molecular flexibility index (Phi) is 7.24. The van der Waals surface area contributed by atoms with Crippen LogP contribution >= 0.6 is 11.6 Å². The molecule has 1 saturated heterocycles. The van der Waals surface area contributed by atoms with Gasteiger partial charge in [-0.25, -0.2) is 0 Å². The van der Waals surface area contributed by atoms with Crippen molar-refractivity contribution in [1.82, 2.24) is 14.8 Å². The third-order valence-corrected chi connectivity index (χ3v) is 7.38. The zero-order valence-electron chi connectivity index (χ0n) is 21.1. The van der Waals surface area contributed by atoms with Gasteiger partial charge in [-0.3, -0.25) is 14.4 Å². The van der Waals surface area contributed by atoms with E-state index in [4.69, 9.17) is 21.1 Å². The summed E-state index contributed by atoms with van der Waals surface area (Å²) in [4.78, 5) is 41.3. The molecule has 2 aliphatic heterocycles. The number of amides is 2. The molecule has 2 unspecified atom stereocenters. The number of fused-ring (bicyclic) bond motifs is 4. The molecule has 2 amide bonds. The molecule has 3 aromatic rings. The van der Waals surface area contributed by atoms with Crippen molar-refractivity contribution < 1.29 is 19.1 Å². The van der Waals surface area contributed by atoms with Crippen LogP contribution in [0.3, 0.4) is 0 Å². The Labute approximate surface area is 225 Å². The van der Waals surface area contributed by atoms with Gasteiger partial charge in [0, 0.05) is 37.3 Å².